The van der Waals surface area contributed by atoms with Crippen molar-refractivity contribution in [1.82, 2.24) is 19.9 Å². The minimum absolute atomic E-state index is 0.281. The zero-order chi connectivity index (χ0) is 17.6. The van der Waals surface area contributed by atoms with Gasteiger partial charge in [-0.25, -0.2) is 9.07 Å². The highest BCUT2D eigenvalue weighted by Crippen LogP contribution is 2.36. The quantitative estimate of drug-likeness (QED) is 0.789. The van der Waals surface area contributed by atoms with E-state index in [1.807, 2.05) is 13.8 Å². The third kappa shape index (κ3) is 2.64. The van der Waals surface area contributed by atoms with Gasteiger partial charge in [-0.3, -0.25) is 0 Å². The first-order chi connectivity index (χ1) is 12.0. The maximum Gasteiger partial charge on any atom is 0.261 e. The lowest BCUT2D eigenvalue weighted by atomic mass is 9.98. The predicted octanol–water partition coefficient (Wildman–Crippen LogP) is 3.41. The Morgan fingerprint density at radius 2 is 1.84 bits per heavy atom. The standard InChI is InChI=1S/C18H20FN5O/c1-11-15(12(2)24(22-11)14-7-5-13(19)6-8-14)16-21-17(23-25-16)18(20)9-3-4-10-18/h5-8H,3-4,9-10,20H2,1-2H3. The van der Waals surface area contributed by atoms with Gasteiger partial charge in [0.1, 0.15) is 5.82 Å². The summed E-state index contributed by atoms with van der Waals surface area (Å²) >= 11 is 0. The monoisotopic (exact) mass is 341 g/mol. The van der Waals surface area contributed by atoms with E-state index >= 15 is 0 Å². The summed E-state index contributed by atoms with van der Waals surface area (Å²) in [6.07, 6.45) is 3.92. The number of hydrogen-bond acceptors (Lipinski definition) is 5. The Bertz CT molecular complexity index is 906. The second-order valence-corrected chi connectivity index (χ2v) is 6.72. The van der Waals surface area contributed by atoms with Crippen LogP contribution in [0.4, 0.5) is 4.39 Å². The van der Waals surface area contributed by atoms with Crippen molar-refractivity contribution in [1.29, 1.82) is 0 Å². The molecule has 0 unspecified atom stereocenters. The fraction of sp³-hybridized carbons (Fsp3) is 0.389. The number of rotatable bonds is 3. The molecule has 0 radical (unpaired) electrons. The Morgan fingerprint density at radius 3 is 2.52 bits per heavy atom. The lowest BCUT2D eigenvalue weighted by Crippen LogP contribution is -2.34. The maximum absolute atomic E-state index is 13.2. The lowest BCUT2D eigenvalue weighted by molar-refractivity contribution is 0.372. The number of aromatic nitrogens is 4. The number of halogens is 1. The summed E-state index contributed by atoms with van der Waals surface area (Å²) in [5.74, 6) is 0.709. The van der Waals surface area contributed by atoms with Crippen molar-refractivity contribution >= 4 is 0 Å². The van der Waals surface area contributed by atoms with E-state index in [1.54, 1.807) is 16.8 Å². The largest absolute Gasteiger partial charge is 0.334 e. The first kappa shape index (κ1) is 16.0. The molecule has 7 heteroatoms. The second-order valence-electron chi connectivity index (χ2n) is 6.72. The van der Waals surface area contributed by atoms with Crippen molar-refractivity contribution in [2.45, 2.75) is 45.1 Å². The van der Waals surface area contributed by atoms with Crippen LogP contribution in [-0.4, -0.2) is 19.9 Å². The van der Waals surface area contributed by atoms with Crippen molar-refractivity contribution in [3.63, 3.8) is 0 Å². The summed E-state index contributed by atoms with van der Waals surface area (Å²) in [5, 5.41) is 8.67. The van der Waals surface area contributed by atoms with E-state index in [0.717, 1.165) is 48.3 Å². The van der Waals surface area contributed by atoms with Crippen LogP contribution in [0.3, 0.4) is 0 Å². The van der Waals surface area contributed by atoms with Gasteiger partial charge in [0.2, 0.25) is 0 Å². The van der Waals surface area contributed by atoms with Crippen LogP contribution in [0.2, 0.25) is 0 Å². The molecule has 0 amide bonds. The van der Waals surface area contributed by atoms with E-state index in [4.69, 9.17) is 10.3 Å². The molecule has 1 fully saturated rings. The summed E-state index contributed by atoms with van der Waals surface area (Å²) in [7, 11) is 0. The van der Waals surface area contributed by atoms with Crippen molar-refractivity contribution in [3.05, 3.63) is 47.3 Å². The molecular formula is C18H20FN5O. The molecule has 0 atom stereocenters. The second kappa shape index (κ2) is 5.77. The summed E-state index contributed by atoms with van der Waals surface area (Å²) in [5.41, 5.74) is 9.13. The summed E-state index contributed by atoms with van der Waals surface area (Å²) in [6.45, 7) is 3.82. The molecule has 6 nitrogen and oxygen atoms in total. The normalized spacial score (nSPS) is 16.5. The van der Waals surface area contributed by atoms with Gasteiger partial charge >= 0.3 is 0 Å². The van der Waals surface area contributed by atoms with Crippen LogP contribution in [0.15, 0.2) is 28.8 Å². The molecule has 1 aliphatic rings. The Hall–Kier alpha value is -2.54. The molecule has 0 aliphatic heterocycles. The Kier molecular flexibility index (Phi) is 3.68. The van der Waals surface area contributed by atoms with Gasteiger partial charge in [-0.05, 0) is 51.0 Å². The molecule has 130 valence electrons. The Balaban J connectivity index is 1.74. The molecule has 0 saturated heterocycles. The number of hydrogen-bond donors (Lipinski definition) is 1. The van der Waals surface area contributed by atoms with Gasteiger partial charge in [0.15, 0.2) is 5.82 Å². The SMILES string of the molecule is Cc1nn(-c2ccc(F)cc2)c(C)c1-c1nc(C2(N)CCCC2)no1. The smallest absolute Gasteiger partial charge is 0.261 e. The molecule has 0 bridgehead atoms. The molecule has 1 aromatic carbocycles. The molecule has 1 saturated carbocycles. The van der Waals surface area contributed by atoms with Crippen LogP contribution in [0.1, 0.15) is 42.9 Å². The Labute approximate surface area is 144 Å². The Morgan fingerprint density at radius 1 is 1.16 bits per heavy atom. The van der Waals surface area contributed by atoms with Gasteiger partial charge in [0.05, 0.1) is 28.2 Å². The first-order valence-electron chi connectivity index (χ1n) is 8.43. The molecule has 2 N–H and O–H groups in total. The van der Waals surface area contributed by atoms with Crippen LogP contribution in [0.5, 0.6) is 0 Å². The van der Waals surface area contributed by atoms with E-state index < -0.39 is 5.54 Å². The van der Waals surface area contributed by atoms with E-state index in [2.05, 4.69) is 15.2 Å². The fourth-order valence-corrected chi connectivity index (χ4v) is 3.54. The van der Waals surface area contributed by atoms with Crippen molar-refractivity contribution in [2.24, 2.45) is 5.73 Å². The molecule has 2 aromatic heterocycles. The number of nitrogens with zero attached hydrogens (tertiary/aromatic N) is 4. The van der Waals surface area contributed by atoms with E-state index in [0.29, 0.717) is 11.7 Å². The van der Waals surface area contributed by atoms with Gasteiger partial charge in [-0.2, -0.15) is 10.1 Å². The number of nitrogens with two attached hydrogens (primary N) is 1. The average molecular weight is 341 g/mol. The van der Waals surface area contributed by atoms with E-state index in [1.165, 1.54) is 12.1 Å². The number of benzene rings is 1. The van der Waals surface area contributed by atoms with Crippen LogP contribution in [0.25, 0.3) is 17.1 Å². The minimum atomic E-state index is -0.490. The number of aryl methyl sites for hydroxylation is 1. The summed E-state index contributed by atoms with van der Waals surface area (Å²) in [6, 6.07) is 6.19. The molecule has 4 rings (SSSR count). The van der Waals surface area contributed by atoms with Crippen molar-refractivity contribution in [3.8, 4) is 17.1 Å². The maximum atomic E-state index is 13.2. The van der Waals surface area contributed by atoms with Crippen LogP contribution >= 0.6 is 0 Å². The average Bonchev–Trinajstić information content (AvgIpc) is 3.29. The van der Waals surface area contributed by atoms with Gasteiger partial charge in [0.25, 0.3) is 5.89 Å². The molecule has 25 heavy (non-hydrogen) atoms. The zero-order valence-electron chi connectivity index (χ0n) is 14.3. The highest BCUT2D eigenvalue weighted by molar-refractivity contribution is 5.61. The first-order valence-corrected chi connectivity index (χ1v) is 8.43. The fourth-order valence-electron chi connectivity index (χ4n) is 3.54. The molecule has 2 heterocycles. The van der Waals surface area contributed by atoms with Gasteiger partial charge < -0.3 is 10.3 Å². The highest BCUT2D eigenvalue weighted by atomic mass is 19.1. The van der Waals surface area contributed by atoms with Gasteiger partial charge in [-0.15, -0.1) is 0 Å². The van der Waals surface area contributed by atoms with Crippen LogP contribution in [-0.2, 0) is 5.54 Å². The lowest BCUT2D eigenvalue weighted by Gasteiger charge is -2.17. The summed E-state index contributed by atoms with van der Waals surface area (Å²) in [4.78, 5) is 4.56. The van der Waals surface area contributed by atoms with Gasteiger partial charge in [-0.1, -0.05) is 18.0 Å². The van der Waals surface area contributed by atoms with Crippen molar-refractivity contribution < 1.29 is 8.91 Å². The minimum Gasteiger partial charge on any atom is -0.334 e. The predicted molar refractivity (Wildman–Crippen MR) is 90.6 cm³/mol. The molecule has 3 aromatic rings. The molecule has 0 spiro atoms. The van der Waals surface area contributed by atoms with Crippen LogP contribution in [0, 0.1) is 19.7 Å². The molecule has 1 aliphatic carbocycles. The third-order valence-corrected chi connectivity index (χ3v) is 4.94. The third-order valence-electron chi connectivity index (χ3n) is 4.94. The topological polar surface area (TPSA) is 82.8 Å². The van der Waals surface area contributed by atoms with Gasteiger partial charge in [0, 0.05) is 0 Å². The van der Waals surface area contributed by atoms with E-state index in [9.17, 15) is 4.39 Å². The summed E-state index contributed by atoms with van der Waals surface area (Å²) < 4.78 is 20.4. The highest BCUT2D eigenvalue weighted by Gasteiger charge is 2.36. The van der Waals surface area contributed by atoms with E-state index in [-0.39, 0.29) is 5.82 Å². The molecular weight excluding hydrogens is 321 g/mol. The zero-order valence-corrected chi connectivity index (χ0v) is 14.3. The van der Waals surface area contributed by atoms with Crippen LogP contribution < -0.4 is 5.73 Å². The van der Waals surface area contributed by atoms with Crippen molar-refractivity contribution in [2.75, 3.05) is 0 Å².